The Morgan fingerprint density at radius 2 is 2.11 bits per heavy atom. The van der Waals surface area contributed by atoms with Gasteiger partial charge in [0.15, 0.2) is 0 Å². The summed E-state index contributed by atoms with van der Waals surface area (Å²) in [6.45, 7) is 4.19. The Hall–Kier alpha value is -2.50. The lowest BCUT2D eigenvalue weighted by atomic mass is 10.1. The van der Waals surface area contributed by atoms with Crippen LogP contribution in [0.3, 0.4) is 0 Å². The Kier molecular flexibility index (Phi) is 3.70. The second kappa shape index (κ2) is 5.43. The van der Waals surface area contributed by atoms with E-state index in [1.54, 1.807) is 19.3 Å². The molecule has 0 fully saturated rings. The summed E-state index contributed by atoms with van der Waals surface area (Å²) in [6.07, 6.45) is 5.00. The number of aromatic nitrogens is 2. The Morgan fingerprint density at radius 1 is 1.32 bits per heavy atom. The van der Waals surface area contributed by atoms with E-state index in [4.69, 9.17) is 0 Å². The molecule has 0 aliphatic carbocycles. The van der Waals surface area contributed by atoms with Crippen molar-refractivity contribution in [3.63, 3.8) is 0 Å². The van der Waals surface area contributed by atoms with Crippen molar-refractivity contribution in [3.8, 4) is 0 Å². The van der Waals surface area contributed by atoms with Gasteiger partial charge in [0.05, 0.1) is 11.0 Å². The molecule has 0 radical (unpaired) electrons. The molecule has 0 aliphatic heterocycles. The number of rotatable bonds is 4. The van der Waals surface area contributed by atoms with Crippen LogP contribution in [0.4, 0.5) is 11.5 Å². The maximum Gasteiger partial charge on any atom is 0.277 e. The van der Waals surface area contributed by atoms with Gasteiger partial charge in [0.2, 0.25) is 0 Å². The first-order valence-corrected chi connectivity index (χ1v) is 5.82. The fourth-order valence-electron chi connectivity index (χ4n) is 1.67. The lowest BCUT2D eigenvalue weighted by Gasteiger charge is -2.08. The number of aryl methyl sites for hydroxylation is 2. The third-order valence-electron chi connectivity index (χ3n) is 2.88. The summed E-state index contributed by atoms with van der Waals surface area (Å²) in [4.78, 5) is 18.6. The summed E-state index contributed by atoms with van der Waals surface area (Å²) >= 11 is 0. The van der Waals surface area contributed by atoms with Crippen LogP contribution < -0.4 is 5.32 Å². The van der Waals surface area contributed by atoms with Gasteiger partial charge in [-0.1, -0.05) is 0 Å². The van der Waals surface area contributed by atoms with E-state index in [2.05, 4.69) is 15.3 Å². The number of nitrogens with one attached hydrogen (secondary N) is 1. The molecule has 6 nitrogen and oxygen atoms in total. The van der Waals surface area contributed by atoms with Crippen LogP contribution in [0.2, 0.25) is 0 Å². The highest BCUT2D eigenvalue weighted by atomic mass is 16.6. The highest BCUT2D eigenvalue weighted by Gasteiger charge is 2.11. The highest BCUT2D eigenvalue weighted by Crippen LogP contribution is 2.20. The van der Waals surface area contributed by atoms with Gasteiger partial charge in [-0.2, -0.15) is 0 Å². The summed E-state index contributed by atoms with van der Waals surface area (Å²) in [6, 6.07) is 3.36. The zero-order chi connectivity index (χ0) is 13.8. The topological polar surface area (TPSA) is 81.0 Å². The largest absolute Gasteiger partial charge is 0.366 e. The van der Waals surface area contributed by atoms with E-state index in [0.29, 0.717) is 17.9 Å². The van der Waals surface area contributed by atoms with Gasteiger partial charge in [0, 0.05) is 30.7 Å². The van der Waals surface area contributed by atoms with E-state index < -0.39 is 4.92 Å². The first-order chi connectivity index (χ1) is 9.08. The van der Waals surface area contributed by atoms with E-state index in [-0.39, 0.29) is 5.69 Å². The van der Waals surface area contributed by atoms with Crippen LogP contribution in [0.5, 0.6) is 0 Å². The van der Waals surface area contributed by atoms with Gasteiger partial charge in [0.25, 0.3) is 5.69 Å². The van der Waals surface area contributed by atoms with Crippen molar-refractivity contribution in [1.29, 1.82) is 0 Å². The molecular formula is C13H14N4O2. The third-order valence-corrected chi connectivity index (χ3v) is 2.88. The smallest absolute Gasteiger partial charge is 0.277 e. The minimum Gasteiger partial charge on any atom is -0.366 e. The minimum atomic E-state index is -0.405. The van der Waals surface area contributed by atoms with E-state index >= 15 is 0 Å². The summed E-state index contributed by atoms with van der Waals surface area (Å²) in [7, 11) is 0. The van der Waals surface area contributed by atoms with Gasteiger partial charge in [-0.25, -0.2) is 4.98 Å². The van der Waals surface area contributed by atoms with Crippen molar-refractivity contribution in [2.24, 2.45) is 0 Å². The standard InChI is InChI=1S/C13H14N4O2/c1-9-3-4-14-7-11(9)8-16-13-5-12(17(18)19)10(2)6-15-13/h3-7H,8H2,1-2H3,(H,15,16). The first kappa shape index (κ1) is 12.9. The summed E-state index contributed by atoms with van der Waals surface area (Å²) in [5.41, 5.74) is 2.77. The van der Waals surface area contributed by atoms with Crippen LogP contribution in [0, 0.1) is 24.0 Å². The molecule has 0 unspecified atom stereocenters. The average molecular weight is 258 g/mol. The number of pyridine rings is 2. The summed E-state index contributed by atoms with van der Waals surface area (Å²) < 4.78 is 0. The maximum absolute atomic E-state index is 10.8. The predicted octanol–water partition coefficient (Wildman–Crippen LogP) is 2.61. The molecule has 0 aromatic carbocycles. The molecule has 2 aromatic heterocycles. The summed E-state index contributed by atoms with van der Waals surface area (Å²) in [5.74, 6) is 0.487. The molecule has 0 aliphatic rings. The van der Waals surface area contributed by atoms with Gasteiger partial charge >= 0.3 is 0 Å². The van der Waals surface area contributed by atoms with E-state index in [9.17, 15) is 10.1 Å². The molecule has 0 amide bonds. The van der Waals surface area contributed by atoms with Gasteiger partial charge < -0.3 is 5.32 Å². The number of hydrogen-bond acceptors (Lipinski definition) is 5. The van der Waals surface area contributed by atoms with Crippen molar-refractivity contribution in [2.45, 2.75) is 20.4 Å². The maximum atomic E-state index is 10.8. The molecule has 2 aromatic rings. The number of nitrogens with zero attached hydrogens (tertiary/aromatic N) is 3. The van der Waals surface area contributed by atoms with Crippen LogP contribution in [-0.4, -0.2) is 14.9 Å². The van der Waals surface area contributed by atoms with Crippen molar-refractivity contribution >= 4 is 11.5 Å². The minimum absolute atomic E-state index is 0.0698. The van der Waals surface area contributed by atoms with Crippen molar-refractivity contribution in [3.05, 3.63) is 57.5 Å². The SMILES string of the molecule is Cc1ccncc1CNc1cc([N+](=O)[O-])c(C)cn1. The molecule has 19 heavy (non-hydrogen) atoms. The van der Waals surface area contributed by atoms with Crippen LogP contribution >= 0.6 is 0 Å². The Morgan fingerprint density at radius 3 is 2.79 bits per heavy atom. The fourth-order valence-corrected chi connectivity index (χ4v) is 1.67. The molecule has 0 bridgehead atoms. The Bertz CT molecular complexity index is 613. The van der Waals surface area contributed by atoms with Crippen LogP contribution in [0.1, 0.15) is 16.7 Å². The van der Waals surface area contributed by atoms with Crippen molar-refractivity contribution in [2.75, 3.05) is 5.32 Å². The van der Waals surface area contributed by atoms with E-state index in [1.807, 2.05) is 13.0 Å². The van der Waals surface area contributed by atoms with Crippen LogP contribution in [0.15, 0.2) is 30.7 Å². The number of hydrogen-bond donors (Lipinski definition) is 1. The number of anilines is 1. The second-order valence-corrected chi connectivity index (χ2v) is 4.27. The van der Waals surface area contributed by atoms with E-state index in [1.165, 1.54) is 12.3 Å². The van der Waals surface area contributed by atoms with Gasteiger partial charge in [-0.15, -0.1) is 0 Å². The molecule has 2 heterocycles. The Labute approximate surface area is 110 Å². The molecule has 1 N–H and O–H groups in total. The zero-order valence-electron chi connectivity index (χ0n) is 10.8. The lowest BCUT2D eigenvalue weighted by molar-refractivity contribution is -0.385. The van der Waals surface area contributed by atoms with Gasteiger partial charge in [-0.05, 0) is 31.0 Å². The molecule has 0 spiro atoms. The summed E-state index contributed by atoms with van der Waals surface area (Å²) in [5, 5.41) is 13.9. The lowest BCUT2D eigenvalue weighted by Crippen LogP contribution is -2.04. The normalized spacial score (nSPS) is 10.2. The fraction of sp³-hybridized carbons (Fsp3) is 0.231. The monoisotopic (exact) mass is 258 g/mol. The molecule has 2 rings (SSSR count). The predicted molar refractivity (Wildman–Crippen MR) is 71.9 cm³/mol. The van der Waals surface area contributed by atoms with Crippen LogP contribution in [0.25, 0.3) is 0 Å². The molecule has 6 heteroatoms. The number of nitro groups is 1. The molecule has 98 valence electrons. The third kappa shape index (κ3) is 3.04. The average Bonchev–Trinajstić information content (AvgIpc) is 2.39. The molecular weight excluding hydrogens is 244 g/mol. The van der Waals surface area contributed by atoms with Crippen molar-refractivity contribution < 1.29 is 4.92 Å². The molecule has 0 saturated heterocycles. The first-order valence-electron chi connectivity index (χ1n) is 5.82. The van der Waals surface area contributed by atoms with Gasteiger partial charge in [-0.3, -0.25) is 15.1 Å². The second-order valence-electron chi connectivity index (χ2n) is 4.27. The zero-order valence-corrected chi connectivity index (χ0v) is 10.8. The quantitative estimate of drug-likeness (QED) is 0.673. The van der Waals surface area contributed by atoms with E-state index in [0.717, 1.165) is 11.1 Å². The highest BCUT2D eigenvalue weighted by molar-refractivity contribution is 5.49. The Balaban J connectivity index is 2.14. The molecule has 0 saturated carbocycles. The van der Waals surface area contributed by atoms with Crippen LogP contribution in [-0.2, 0) is 6.54 Å². The van der Waals surface area contributed by atoms with Crippen molar-refractivity contribution in [1.82, 2.24) is 9.97 Å². The molecule has 0 atom stereocenters. The van der Waals surface area contributed by atoms with Gasteiger partial charge in [0.1, 0.15) is 5.82 Å².